The van der Waals surface area contributed by atoms with Crippen LogP contribution in [0.15, 0.2) is 37.1 Å². The van der Waals surface area contributed by atoms with Crippen molar-refractivity contribution in [2.24, 2.45) is 17.8 Å². The topological polar surface area (TPSA) is 3.24 Å². The van der Waals surface area contributed by atoms with E-state index in [0.29, 0.717) is 5.92 Å². The SMILES string of the molecule is C=CCC(C)C(=C)N(C)CC1CCC(C(=C)C)CC1.CC. The molecule has 1 heteroatoms. The maximum atomic E-state index is 4.25. The largest absolute Gasteiger partial charge is 0.378 e. The van der Waals surface area contributed by atoms with Gasteiger partial charge in [0.15, 0.2) is 0 Å². The lowest BCUT2D eigenvalue weighted by atomic mass is 9.79. The first-order valence-corrected chi connectivity index (χ1v) is 8.61. The maximum absolute atomic E-state index is 4.25. The Hall–Kier alpha value is -0.980. The molecule has 0 bridgehead atoms. The monoisotopic (exact) mass is 291 g/mol. The van der Waals surface area contributed by atoms with Gasteiger partial charge in [0.25, 0.3) is 0 Å². The number of nitrogens with zero attached hydrogens (tertiary/aromatic N) is 1. The van der Waals surface area contributed by atoms with Crippen LogP contribution < -0.4 is 0 Å². The lowest BCUT2D eigenvalue weighted by Crippen LogP contribution is -2.30. The van der Waals surface area contributed by atoms with Gasteiger partial charge in [0.05, 0.1) is 0 Å². The molecule has 1 atom stereocenters. The third-order valence-electron chi connectivity index (χ3n) is 4.66. The van der Waals surface area contributed by atoms with E-state index in [2.05, 4.69) is 45.5 Å². The molecule has 0 amide bonds. The van der Waals surface area contributed by atoms with Crippen molar-refractivity contribution in [3.8, 4) is 0 Å². The van der Waals surface area contributed by atoms with Gasteiger partial charge in [0, 0.05) is 19.3 Å². The van der Waals surface area contributed by atoms with Crippen LogP contribution in [-0.4, -0.2) is 18.5 Å². The zero-order valence-corrected chi connectivity index (χ0v) is 15.1. The molecule has 21 heavy (non-hydrogen) atoms. The summed E-state index contributed by atoms with van der Waals surface area (Å²) in [5, 5.41) is 0. The molecule has 0 radical (unpaired) electrons. The average Bonchev–Trinajstić information content (AvgIpc) is 2.49. The van der Waals surface area contributed by atoms with Crippen molar-refractivity contribution < 1.29 is 0 Å². The van der Waals surface area contributed by atoms with E-state index in [1.807, 2.05) is 19.9 Å². The van der Waals surface area contributed by atoms with E-state index in [-0.39, 0.29) is 0 Å². The number of hydrogen-bond acceptors (Lipinski definition) is 1. The molecule has 1 rings (SSSR count). The molecule has 0 saturated heterocycles. The molecule has 0 heterocycles. The van der Waals surface area contributed by atoms with Gasteiger partial charge in [0.1, 0.15) is 0 Å². The van der Waals surface area contributed by atoms with Gasteiger partial charge in [-0.3, -0.25) is 0 Å². The molecule has 122 valence electrons. The van der Waals surface area contributed by atoms with Gasteiger partial charge >= 0.3 is 0 Å². The van der Waals surface area contributed by atoms with Crippen LogP contribution in [0.25, 0.3) is 0 Å². The van der Waals surface area contributed by atoms with E-state index in [1.54, 1.807) is 0 Å². The summed E-state index contributed by atoms with van der Waals surface area (Å²) >= 11 is 0. The minimum Gasteiger partial charge on any atom is -0.378 e. The van der Waals surface area contributed by atoms with Crippen molar-refractivity contribution in [2.75, 3.05) is 13.6 Å². The van der Waals surface area contributed by atoms with Gasteiger partial charge in [-0.2, -0.15) is 0 Å². The Bertz CT molecular complexity index is 321. The molecule has 1 nitrogen and oxygen atoms in total. The van der Waals surface area contributed by atoms with E-state index in [0.717, 1.165) is 24.8 Å². The van der Waals surface area contributed by atoms with E-state index >= 15 is 0 Å². The second-order valence-corrected chi connectivity index (χ2v) is 6.36. The predicted molar refractivity (Wildman–Crippen MR) is 97.4 cm³/mol. The fourth-order valence-electron chi connectivity index (χ4n) is 3.10. The van der Waals surface area contributed by atoms with Crippen LogP contribution in [0.4, 0.5) is 0 Å². The molecule has 0 aromatic heterocycles. The van der Waals surface area contributed by atoms with Crippen LogP contribution in [0.2, 0.25) is 0 Å². The highest BCUT2D eigenvalue weighted by molar-refractivity contribution is 5.01. The molecule has 1 aliphatic rings. The van der Waals surface area contributed by atoms with Gasteiger partial charge in [0.2, 0.25) is 0 Å². The Morgan fingerprint density at radius 2 is 1.71 bits per heavy atom. The smallest absolute Gasteiger partial charge is 0.0199 e. The Kier molecular flexibility index (Phi) is 10.2. The zero-order valence-electron chi connectivity index (χ0n) is 15.1. The van der Waals surface area contributed by atoms with Gasteiger partial charge in [-0.25, -0.2) is 0 Å². The van der Waals surface area contributed by atoms with Crippen molar-refractivity contribution >= 4 is 0 Å². The molecule has 1 saturated carbocycles. The molecular formula is C20H37N. The van der Waals surface area contributed by atoms with Gasteiger partial charge in [-0.05, 0) is 56.8 Å². The summed E-state index contributed by atoms with van der Waals surface area (Å²) in [5.41, 5.74) is 2.62. The van der Waals surface area contributed by atoms with Crippen molar-refractivity contribution in [1.29, 1.82) is 0 Å². The number of rotatable bonds is 7. The second-order valence-electron chi connectivity index (χ2n) is 6.36. The standard InChI is InChI=1S/C18H31N.C2H6/c1-7-8-15(4)16(5)19(6)13-17-9-11-18(12-10-17)14(2)3;1-2/h7,15,17-18H,1-2,5,8-13H2,3-4,6H3;1-2H3. The van der Waals surface area contributed by atoms with E-state index in [4.69, 9.17) is 0 Å². The summed E-state index contributed by atoms with van der Waals surface area (Å²) in [5.74, 6) is 2.10. The molecule has 1 unspecified atom stereocenters. The molecule has 0 aromatic rings. The number of hydrogen-bond donors (Lipinski definition) is 0. The molecule has 0 aliphatic heterocycles. The summed E-state index contributed by atoms with van der Waals surface area (Å²) < 4.78 is 0. The quantitative estimate of drug-likeness (QED) is 0.516. The summed E-state index contributed by atoms with van der Waals surface area (Å²) in [4.78, 5) is 2.36. The van der Waals surface area contributed by atoms with E-state index in [1.165, 1.54) is 37.0 Å². The highest BCUT2D eigenvalue weighted by atomic mass is 15.1. The summed E-state index contributed by atoms with van der Waals surface area (Å²) in [6.07, 6.45) is 8.33. The van der Waals surface area contributed by atoms with Crippen molar-refractivity contribution in [2.45, 2.75) is 59.8 Å². The van der Waals surface area contributed by atoms with Crippen molar-refractivity contribution in [1.82, 2.24) is 4.90 Å². The summed E-state index contributed by atoms with van der Waals surface area (Å²) in [6.45, 7) is 21.7. The van der Waals surface area contributed by atoms with E-state index < -0.39 is 0 Å². The van der Waals surface area contributed by atoms with Crippen molar-refractivity contribution in [3.63, 3.8) is 0 Å². The third kappa shape index (κ3) is 7.02. The normalized spacial score (nSPS) is 22.5. The molecule has 1 fully saturated rings. The number of allylic oxidation sites excluding steroid dienone is 3. The van der Waals surface area contributed by atoms with Crippen LogP contribution >= 0.6 is 0 Å². The summed E-state index contributed by atoms with van der Waals surface area (Å²) in [7, 11) is 2.19. The van der Waals surface area contributed by atoms with Crippen LogP contribution in [0.5, 0.6) is 0 Å². The fraction of sp³-hybridized carbons (Fsp3) is 0.700. The van der Waals surface area contributed by atoms with Crippen LogP contribution in [0.3, 0.4) is 0 Å². The van der Waals surface area contributed by atoms with Crippen LogP contribution in [0, 0.1) is 17.8 Å². The zero-order chi connectivity index (χ0) is 16.4. The Morgan fingerprint density at radius 1 is 1.19 bits per heavy atom. The highest BCUT2D eigenvalue weighted by Crippen LogP contribution is 2.33. The predicted octanol–water partition coefficient (Wildman–Crippen LogP) is 6.05. The van der Waals surface area contributed by atoms with Crippen molar-refractivity contribution in [3.05, 3.63) is 37.1 Å². The highest BCUT2D eigenvalue weighted by Gasteiger charge is 2.23. The molecule has 0 N–H and O–H groups in total. The van der Waals surface area contributed by atoms with E-state index in [9.17, 15) is 0 Å². The Labute approximate surface area is 133 Å². The molecule has 1 aliphatic carbocycles. The van der Waals surface area contributed by atoms with Gasteiger partial charge < -0.3 is 4.90 Å². The average molecular weight is 292 g/mol. The lowest BCUT2D eigenvalue weighted by molar-refractivity contribution is 0.231. The minimum absolute atomic E-state index is 0.509. The van der Waals surface area contributed by atoms with Crippen LogP contribution in [0.1, 0.15) is 59.8 Å². The Morgan fingerprint density at radius 3 is 2.14 bits per heavy atom. The van der Waals surface area contributed by atoms with Crippen LogP contribution in [-0.2, 0) is 0 Å². The molecular weight excluding hydrogens is 254 g/mol. The first-order chi connectivity index (χ1) is 9.95. The lowest BCUT2D eigenvalue weighted by Gasteiger charge is -2.34. The first-order valence-electron chi connectivity index (χ1n) is 8.61. The Balaban J connectivity index is 0.00000191. The minimum atomic E-state index is 0.509. The van der Waals surface area contributed by atoms with Gasteiger partial charge in [-0.1, -0.05) is 45.6 Å². The summed E-state index contributed by atoms with van der Waals surface area (Å²) in [6, 6.07) is 0. The fourth-order valence-corrected chi connectivity index (χ4v) is 3.10. The van der Waals surface area contributed by atoms with Gasteiger partial charge in [-0.15, -0.1) is 6.58 Å². The second kappa shape index (κ2) is 10.7. The first kappa shape index (κ1) is 20.0. The third-order valence-corrected chi connectivity index (χ3v) is 4.66. The molecule has 0 spiro atoms. The molecule has 0 aromatic carbocycles. The maximum Gasteiger partial charge on any atom is 0.0199 e.